The SMILES string of the molecule is C.C=C(CC)CC[N+]1(C)CC2c3ccccc3Oc3ccc(Cl)cc3C2C1.C=C(CC)OC[N+]1(C)CC2c3ccccc3Oc3ccc(Cl)cc3C2C1.[CH3-].[CH3-]. The molecule has 2 fully saturated rings. The number of nitrogens with zero attached hydrogens (tertiary/aromatic N) is 2. The van der Waals surface area contributed by atoms with Gasteiger partial charge < -0.3 is 33.5 Å². The molecule has 0 spiro atoms. The van der Waals surface area contributed by atoms with Gasteiger partial charge in [-0.15, -0.1) is 0 Å². The van der Waals surface area contributed by atoms with Crippen LogP contribution in [0.2, 0.25) is 10.0 Å². The molecular weight excluding hydrogens is 723 g/mol. The van der Waals surface area contributed by atoms with E-state index in [1.807, 2.05) is 30.3 Å². The van der Waals surface area contributed by atoms with E-state index in [0.29, 0.717) is 30.4 Å². The fourth-order valence-electron chi connectivity index (χ4n) is 8.86. The monoisotopic (exact) mass is 784 g/mol. The van der Waals surface area contributed by atoms with E-state index < -0.39 is 0 Å². The summed E-state index contributed by atoms with van der Waals surface area (Å²) in [6, 6.07) is 28.9. The molecule has 55 heavy (non-hydrogen) atoms. The quantitative estimate of drug-likeness (QED) is 0.0771. The average molecular weight is 786 g/mol. The topological polar surface area (TPSA) is 27.7 Å². The van der Waals surface area contributed by atoms with Crippen LogP contribution in [0.1, 0.15) is 86.5 Å². The molecule has 296 valence electrons. The van der Waals surface area contributed by atoms with Gasteiger partial charge in [0.05, 0.1) is 52.6 Å². The molecule has 6 atom stereocenters. The van der Waals surface area contributed by atoms with E-state index in [2.05, 4.69) is 95.7 Å². The molecule has 0 aromatic heterocycles. The van der Waals surface area contributed by atoms with Crippen molar-refractivity contribution in [2.24, 2.45) is 0 Å². The van der Waals surface area contributed by atoms with Crippen LogP contribution in [-0.4, -0.2) is 62.5 Å². The summed E-state index contributed by atoms with van der Waals surface area (Å²) in [5, 5.41) is 1.55. The van der Waals surface area contributed by atoms with Crippen molar-refractivity contribution in [3.05, 3.63) is 157 Å². The highest BCUT2D eigenvalue weighted by molar-refractivity contribution is 6.31. The smallest absolute Gasteiger partial charge is 0.223 e. The Balaban J connectivity index is 0.000000232. The Morgan fingerprint density at radius 3 is 1.51 bits per heavy atom. The van der Waals surface area contributed by atoms with Crippen LogP contribution in [0.25, 0.3) is 0 Å². The van der Waals surface area contributed by atoms with Crippen LogP contribution in [0.5, 0.6) is 23.0 Å². The van der Waals surface area contributed by atoms with Crippen LogP contribution < -0.4 is 9.47 Å². The number of likely N-dealkylation sites (N-methyl/N-ethyl adjacent to an activating group) is 2. The maximum Gasteiger partial charge on any atom is 0.223 e. The number of ether oxygens (including phenoxy) is 3. The Hall–Kier alpha value is -3.74. The molecule has 4 aromatic carbocycles. The number of benzene rings is 4. The van der Waals surface area contributed by atoms with Gasteiger partial charge in [0.25, 0.3) is 0 Å². The molecule has 0 saturated carbocycles. The van der Waals surface area contributed by atoms with E-state index >= 15 is 0 Å². The molecule has 0 amide bonds. The van der Waals surface area contributed by atoms with Crippen LogP contribution >= 0.6 is 23.2 Å². The van der Waals surface area contributed by atoms with Gasteiger partial charge in [0.2, 0.25) is 6.73 Å². The Kier molecular flexibility index (Phi) is 14.4. The number of allylic oxidation sites excluding steroid dienone is 1. The number of para-hydroxylation sites is 2. The fraction of sp³-hybridized carbons (Fsp3) is 0.375. The van der Waals surface area contributed by atoms with Gasteiger partial charge in [-0.25, -0.2) is 0 Å². The number of quaternary nitrogens is 2. The molecule has 4 aliphatic heterocycles. The van der Waals surface area contributed by atoms with E-state index in [9.17, 15) is 0 Å². The zero-order chi connectivity index (χ0) is 36.6. The number of likely N-dealkylation sites (tertiary alicyclic amines) is 2. The third-order valence-corrected chi connectivity index (χ3v) is 12.3. The summed E-state index contributed by atoms with van der Waals surface area (Å²) in [5.74, 6) is 6.32. The van der Waals surface area contributed by atoms with Gasteiger partial charge >= 0.3 is 0 Å². The Morgan fingerprint density at radius 1 is 0.636 bits per heavy atom. The summed E-state index contributed by atoms with van der Waals surface area (Å²) in [6.07, 6.45) is 3.02. The van der Waals surface area contributed by atoms with Crippen molar-refractivity contribution in [3.63, 3.8) is 0 Å². The van der Waals surface area contributed by atoms with Gasteiger partial charge in [0, 0.05) is 68.8 Å². The lowest BCUT2D eigenvalue weighted by atomic mass is 9.84. The summed E-state index contributed by atoms with van der Waals surface area (Å²) >= 11 is 12.7. The first kappa shape index (κ1) is 44.0. The zero-order valence-corrected chi connectivity index (χ0v) is 34.6. The minimum atomic E-state index is 0. The van der Waals surface area contributed by atoms with Crippen LogP contribution in [0.4, 0.5) is 0 Å². The van der Waals surface area contributed by atoms with Gasteiger partial charge in [0.15, 0.2) is 0 Å². The van der Waals surface area contributed by atoms with E-state index in [0.717, 1.165) is 99.8 Å². The minimum Gasteiger partial charge on any atom is -0.457 e. The maximum absolute atomic E-state index is 6.35. The maximum atomic E-state index is 6.35. The van der Waals surface area contributed by atoms with Gasteiger partial charge in [-0.3, -0.25) is 4.48 Å². The van der Waals surface area contributed by atoms with Crippen molar-refractivity contribution < 1.29 is 23.2 Å². The van der Waals surface area contributed by atoms with Gasteiger partial charge in [0.1, 0.15) is 23.0 Å². The lowest BCUT2D eigenvalue weighted by molar-refractivity contribution is -0.916. The number of hydrogen-bond acceptors (Lipinski definition) is 3. The van der Waals surface area contributed by atoms with Gasteiger partial charge in [-0.1, -0.05) is 99.6 Å². The Labute approximate surface area is 342 Å². The predicted molar refractivity (Wildman–Crippen MR) is 233 cm³/mol. The highest BCUT2D eigenvalue weighted by Gasteiger charge is 2.49. The number of hydrogen-bond donors (Lipinski definition) is 0. The standard InChI is InChI=1S/C23H27ClNO.C22H25ClNO2.CH4.2CH3/c1-4-16(2)11-12-25(3)14-20-18-7-5-6-8-22(18)26-23-10-9-17(24)13-19(23)21(20)15-25;1-4-15(2)25-14-24(3)12-19-17-7-5-6-8-21(17)26-22-10-9-16(23)11-18(22)20(19)13-24;;;/h5-10,13,20-21H,2,4,11-12,14-15H2,1,3H3;5-11,19-20H,2,4,12-14H2,1,3H3;1H4;2*1H3/q2*+1;;2*-1. The fourth-order valence-corrected chi connectivity index (χ4v) is 9.22. The second-order valence-electron chi connectivity index (χ2n) is 15.8. The third kappa shape index (κ3) is 9.29. The first-order valence-corrected chi connectivity index (χ1v) is 19.5. The van der Waals surface area contributed by atoms with Crippen molar-refractivity contribution in [2.75, 3.05) is 53.5 Å². The highest BCUT2D eigenvalue weighted by Crippen LogP contribution is 2.53. The third-order valence-electron chi connectivity index (χ3n) is 11.8. The number of rotatable bonds is 8. The molecule has 4 aromatic rings. The van der Waals surface area contributed by atoms with Crippen molar-refractivity contribution in [1.29, 1.82) is 0 Å². The van der Waals surface area contributed by atoms with Crippen LogP contribution in [-0.2, 0) is 4.74 Å². The molecule has 0 bridgehead atoms. The molecular formula is C48H62Cl2N2O3. The lowest BCUT2D eigenvalue weighted by Crippen LogP contribution is -2.43. The number of fused-ring (bicyclic) bond motifs is 10. The first-order valence-electron chi connectivity index (χ1n) is 18.7. The number of halogens is 2. The molecule has 0 aliphatic carbocycles. The second kappa shape index (κ2) is 18.0. The Morgan fingerprint density at radius 2 is 1.05 bits per heavy atom. The molecule has 4 heterocycles. The first-order chi connectivity index (χ1) is 25.0. The summed E-state index contributed by atoms with van der Waals surface area (Å²) in [7, 11) is 4.66. The molecule has 5 nitrogen and oxygen atoms in total. The van der Waals surface area contributed by atoms with Crippen LogP contribution in [0, 0.1) is 14.9 Å². The normalized spacial score (nSPS) is 24.8. The predicted octanol–water partition coefficient (Wildman–Crippen LogP) is 13.3. The van der Waals surface area contributed by atoms with Crippen molar-refractivity contribution in [2.45, 2.75) is 64.2 Å². The largest absolute Gasteiger partial charge is 0.457 e. The summed E-state index contributed by atoms with van der Waals surface area (Å²) in [5.41, 5.74) is 6.43. The minimum absolute atomic E-state index is 0. The molecule has 0 radical (unpaired) electrons. The molecule has 2 saturated heterocycles. The van der Waals surface area contributed by atoms with Crippen LogP contribution in [0.15, 0.2) is 109 Å². The summed E-state index contributed by atoms with van der Waals surface area (Å²) in [4.78, 5) is 0. The average Bonchev–Trinajstić information content (AvgIpc) is 3.61. The molecule has 7 heteroatoms. The molecule has 0 N–H and O–H groups in total. The lowest BCUT2D eigenvalue weighted by Gasteiger charge is -2.31. The van der Waals surface area contributed by atoms with E-state index in [1.165, 1.54) is 27.8 Å². The van der Waals surface area contributed by atoms with E-state index in [-0.39, 0.29) is 22.3 Å². The zero-order valence-electron chi connectivity index (χ0n) is 33.0. The second-order valence-corrected chi connectivity index (χ2v) is 16.7. The summed E-state index contributed by atoms with van der Waals surface area (Å²) in [6.45, 7) is 18.5. The Bertz CT molecular complexity index is 1840. The van der Waals surface area contributed by atoms with E-state index in [1.54, 1.807) is 0 Å². The molecule has 6 unspecified atom stereocenters. The van der Waals surface area contributed by atoms with E-state index in [4.69, 9.17) is 37.4 Å². The molecule has 4 aliphatic rings. The van der Waals surface area contributed by atoms with Crippen molar-refractivity contribution in [1.82, 2.24) is 0 Å². The van der Waals surface area contributed by atoms with Crippen LogP contribution in [0.3, 0.4) is 0 Å². The van der Waals surface area contributed by atoms with Crippen molar-refractivity contribution >= 4 is 23.2 Å². The van der Waals surface area contributed by atoms with Gasteiger partial charge in [-0.2, -0.15) is 0 Å². The highest BCUT2D eigenvalue weighted by atomic mass is 35.5. The van der Waals surface area contributed by atoms with Gasteiger partial charge in [-0.05, 0) is 55.0 Å². The summed E-state index contributed by atoms with van der Waals surface area (Å²) < 4.78 is 20.4. The van der Waals surface area contributed by atoms with Crippen molar-refractivity contribution in [3.8, 4) is 23.0 Å². The molecule has 8 rings (SSSR count).